The predicted molar refractivity (Wildman–Crippen MR) is 135 cm³/mol. The number of nitrogens with zero attached hydrogens (tertiary/aromatic N) is 3. The Bertz CT molecular complexity index is 1160. The Hall–Kier alpha value is -1.59. The van der Waals surface area contributed by atoms with Crippen LogP contribution in [-0.2, 0) is 17.9 Å². The van der Waals surface area contributed by atoms with Crippen LogP contribution < -0.4 is 10.6 Å². The summed E-state index contributed by atoms with van der Waals surface area (Å²) in [5.74, 6) is 0.266. The molecule has 0 aliphatic heterocycles. The molecule has 0 unspecified atom stereocenters. The molecule has 3 aromatic rings. The molecular formula is C20H17Br2Cl2N5O2S. The quantitative estimate of drug-likeness (QED) is 0.311. The topological polar surface area (TPSA) is 88.9 Å². The van der Waals surface area contributed by atoms with E-state index in [1.165, 1.54) is 17.8 Å². The molecule has 0 atom stereocenters. The Morgan fingerprint density at radius 3 is 2.59 bits per heavy atom. The molecule has 2 N–H and O–H groups in total. The average molecular weight is 622 g/mol. The molecule has 0 saturated carbocycles. The molecule has 3 rings (SSSR count). The smallest absolute Gasteiger partial charge is 0.251 e. The van der Waals surface area contributed by atoms with Gasteiger partial charge in [-0.25, -0.2) is 0 Å². The van der Waals surface area contributed by atoms with Gasteiger partial charge in [-0.2, -0.15) is 0 Å². The molecule has 1 heterocycles. The Morgan fingerprint density at radius 2 is 1.88 bits per heavy atom. The minimum atomic E-state index is -0.303. The molecule has 0 aliphatic rings. The predicted octanol–water partition coefficient (Wildman–Crippen LogP) is 5.79. The molecule has 168 valence electrons. The van der Waals surface area contributed by atoms with Crippen molar-refractivity contribution in [3.8, 4) is 0 Å². The highest BCUT2D eigenvalue weighted by Gasteiger charge is 2.15. The van der Waals surface area contributed by atoms with Crippen molar-refractivity contribution in [2.75, 3.05) is 11.1 Å². The van der Waals surface area contributed by atoms with Crippen molar-refractivity contribution >= 4 is 84.3 Å². The molecule has 2 amide bonds. The minimum Gasteiger partial charge on any atom is -0.345 e. The van der Waals surface area contributed by atoms with Gasteiger partial charge in [-0.3, -0.25) is 9.59 Å². The van der Waals surface area contributed by atoms with Gasteiger partial charge in [-0.05, 0) is 59.3 Å². The number of aromatic nitrogens is 3. The molecule has 0 saturated heterocycles. The van der Waals surface area contributed by atoms with Crippen molar-refractivity contribution in [3.05, 3.63) is 66.8 Å². The number of hydrogen-bond acceptors (Lipinski definition) is 5. The van der Waals surface area contributed by atoms with Gasteiger partial charge in [0.1, 0.15) is 0 Å². The number of hydrogen-bond donors (Lipinski definition) is 2. The largest absolute Gasteiger partial charge is 0.345 e. The lowest BCUT2D eigenvalue weighted by Crippen LogP contribution is -2.24. The summed E-state index contributed by atoms with van der Waals surface area (Å²) in [5.41, 5.74) is 1.07. The molecule has 0 radical (unpaired) electrons. The fourth-order valence-electron chi connectivity index (χ4n) is 2.68. The molecule has 7 nitrogen and oxygen atoms in total. The first-order valence-corrected chi connectivity index (χ1v) is 12.6. The highest BCUT2D eigenvalue weighted by atomic mass is 79.9. The summed E-state index contributed by atoms with van der Waals surface area (Å²) in [5, 5.41) is 15.3. The first kappa shape index (κ1) is 25.0. The third kappa shape index (κ3) is 6.48. The average Bonchev–Trinajstić information content (AvgIpc) is 3.16. The summed E-state index contributed by atoms with van der Waals surface area (Å²) >= 11 is 19.9. The molecular weight excluding hydrogens is 605 g/mol. The number of carbonyl (C=O) groups is 2. The van der Waals surface area contributed by atoms with Gasteiger partial charge in [0.2, 0.25) is 5.91 Å². The Balaban J connectivity index is 1.59. The standard InChI is InChI=1S/C20H17Br2Cl2N5O2S/c1-2-29-17(9-25-19(31)11-3-6-14(23)15(24)7-11)27-28-20(29)32-10-18(30)26-16-8-12(21)4-5-13(16)22/h3-8H,2,9-10H2,1H3,(H,25,31)(H,26,30). The van der Waals surface area contributed by atoms with E-state index in [1.54, 1.807) is 12.1 Å². The summed E-state index contributed by atoms with van der Waals surface area (Å²) in [4.78, 5) is 24.8. The molecule has 12 heteroatoms. The fraction of sp³-hybridized carbons (Fsp3) is 0.200. The monoisotopic (exact) mass is 619 g/mol. The van der Waals surface area contributed by atoms with E-state index in [9.17, 15) is 9.59 Å². The number of rotatable bonds is 8. The van der Waals surface area contributed by atoms with E-state index in [2.05, 4.69) is 52.7 Å². The maximum atomic E-state index is 12.4. The van der Waals surface area contributed by atoms with E-state index in [0.717, 1.165) is 8.95 Å². The number of thioether (sulfide) groups is 1. The second-order valence-corrected chi connectivity index (χ2v) is 9.94. The Kier molecular flexibility index (Phi) is 9.01. The van der Waals surface area contributed by atoms with Gasteiger partial charge in [-0.15, -0.1) is 10.2 Å². The molecule has 0 aliphatic carbocycles. The van der Waals surface area contributed by atoms with Crippen molar-refractivity contribution in [2.45, 2.75) is 25.2 Å². The van der Waals surface area contributed by atoms with Crippen LogP contribution in [0.1, 0.15) is 23.1 Å². The van der Waals surface area contributed by atoms with E-state index in [4.69, 9.17) is 23.2 Å². The molecule has 32 heavy (non-hydrogen) atoms. The normalized spacial score (nSPS) is 10.8. The number of halogens is 4. The Morgan fingerprint density at radius 1 is 1.09 bits per heavy atom. The fourth-order valence-corrected chi connectivity index (χ4v) is 4.51. The van der Waals surface area contributed by atoms with Gasteiger partial charge in [-0.1, -0.05) is 50.9 Å². The van der Waals surface area contributed by atoms with Crippen molar-refractivity contribution < 1.29 is 9.59 Å². The zero-order chi connectivity index (χ0) is 23.3. The van der Waals surface area contributed by atoms with Crippen LogP contribution in [0.25, 0.3) is 0 Å². The van der Waals surface area contributed by atoms with Crippen molar-refractivity contribution in [1.29, 1.82) is 0 Å². The summed E-state index contributed by atoms with van der Waals surface area (Å²) in [6.45, 7) is 2.71. The second kappa shape index (κ2) is 11.5. The number of nitrogens with one attached hydrogen (secondary N) is 2. The molecule has 0 bridgehead atoms. The molecule has 0 spiro atoms. The van der Waals surface area contributed by atoms with Gasteiger partial charge >= 0.3 is 0 Å². The first-order valence-electron chi connectivity index (χ1n) is 9.31. The first-order chi connectivity index (χ1) is 15.3. The van der Waals surface area contributed by atoms with Crippen molar-refractivity contribution in [1.82, 2.24) is 20.1 Å². The van der Waals surface area contributed by atoms with E-state index < -0.39 is 0 Å². The summed E-state index contributed by atoms with van der Waals surface area (Å²) in [6, 6.07) is 10.2. The highest BCUT2D eigenvalue weighted by Crippen LogP contribution is 2.27. The zero-order valence-corrected chi connectivity index (χ0v) is 22.2. The maximum absolute atomic E-state index is 12.4. The third-order valence-corrected chi connectivity index (χ3v) is 7.12. The zero-order valence-electron chi connectivity index (χ0n) is 16.7. The summed E-state index contributed by atoms with van der Waals surface area (Å²) in [6.07, 6.45) is 0. The van der Waals surface area contributed by atoms with E-state index in [-0.39, 0.29) is 24.1 Å². The van der Waals surface area contributed by atoms with Crippen LogP contribution >= 0.6 is 66.8 Å². The highest BCUT2D eigenvalue weighted by molar-refractivity contribution is 9.11. The van der Waals surface area contributed by atoms with Crippen LogP contribution in [-0.4, -0.2) is 32.3 Å². The van der Waals surface area contributed by atoms with Crippen molar-refractivity contribution in [2.24, 2.45) is 0 Å². The van der Waals surface area contributed by atoms with Crippen LogP contribution in [0.5, 0.6) is 0 Å². The Labute approximate surface area is 215 Å². The second-order valence-electron chi connectivity index (χ2n) is 6.42. The number of benzene rings is 2. The van der Waals surface area contributed by atoms with E-state index >= 15 is 0 Å². The van der Waals surface area contributed by atoms with E-state index in [1.807, 2.05) is 29.7 Å². The molecule has 0 fully saturated rings. The number of amides is 2. The van der Waals surface area contributed by atoms with Crippen LogP contribution in [0.2, 0.25) is 10.0 Å². The van der Waals surface area contributed by atoms with E-state index in [0.29, 0.717) is 38.8 Å². The lowest BCUT2D eigenvalue weighted by molar-refractivity contribution is -0.113. The lowest BCUT2D eigenvalue weighted by atomic mass is 10.2. The molecule has 1 aromatic heterocycles. The number of anilines is 1. The van der Waals surface area contributed by atoms with Gasteiger partial charge in [0.15, 0.2) is 11.0 Å². The van der Waals surface area contributed by atoms with Crippen LogP contribution in [0.3, 0.4) is 0 Å². The maximum Gasteiger partial charge on any atom is 0.251 e. The van der Waals surface area contributed by atoms with Gasteiger partial charge in [0.25, 0.3) is 5.91 Å². The van der Waals surface area contributed by atoms with Crippen LogP contribution in [0, 0.1) is 0 Å². The lowest BCUT2D eigenvalue weighted by Gasteiger charge is -2.10. The van der Waals surface area contributed by atoms with Gasteiger partial charge in [0.05, 0.1) is 28.0 Å². The van der Waals surface area contributed by atoms with Gasteiger partial charge in [0, 0.05) is 21.1 Å². The van der Waals surface area contributed by atoms with Gasteiger partial charge < -0.3 is 15.2 Å². The molecule has 2 aromatic carbocycles. The van der Waals surface area contributed by atoms with Crippen LogP contribution in [0.4, 0.5) is 5.69 Å². The SMILES string of the molecule is CCn1c(CNC(=O)c2ccc(Cl)c(Cl)c2)nnc1SCC(=O)Nc1cc(Br)ccc1Br. The minimum absolute atomic E-state index is 0.159. The third-order valence-electron chi connectivity index (χ3n) is 4.23. The summed E-state index contributed by atoms with van der Waals surface area (Å²) in [7, 11) is 0. The summed E-state index contributed by atoms with van der Waals surface area (Å²) < 4.78 is 3.50. The number of carbonyl (C=O) groups excluding carboxylic acids is 2. The van der Waals surface area contributed by atoms with Crippen LogP contribution in [0.15, 0.2) is 50.5 Å². The van der Waals surface area contributed by atoms with Crippen molar-refractivity contribution in [3.63, 3.8) is 0 Å².